The van der Waals surface area contributed by atoms with Crippen LogP contribution in [-0.2, 0) is 10.2 Å². The molecule has 14 heteroatoms. The first-order valence-electron chi connectivity index (χ1n) is 12.3. The van der Waals surface area contributed by atoms with E-state index in [2.05, 4.69) is 30.3 Å². The fraction of sp³-hybridized carbons (Fsp3) is 0.583. The van der Waals surface area contributed by atoms with Gasteiger partial charge in [-0.1, -0.05) is 5.16 Å². The van der Waals surface area contributed by atoms with E-state index in [1.54, 1.807) is 0 Å². The Morgan fingerprint density at radius 1 is 1.08 bits per heavy atom. The van der Waals surface area contributed by atoms with E-state index in [0.717, 1.165) is 0 Å². The van der Waals surface area contributed by atoms with Gasteiger partial charge in [0.05, 0.1) is 29.5 Å². The van der Waals surface area contributed by atoms with Gasteiger partial charge in [0.1, 0.15) is 5.69 Å². The van der Waals surface area contributed by atoms with E-state index in [-0.39, 0.29) is 67.0 Å². The van der Waals surface area contributed by atoms with E-state index in [4.69, 9.17) is 0 Å². The highest BCUT2D eigenvalue weighted by Gasteiger charge is 2.49. The molecule has 2 aliphatic rings. The lowest BCUT2D eigenvalue weighted by atomic mass is 9.69. The van der Waals surface area contributed by atoms with Crippen molar-refractivity contribution in [1.82, 2.24) is 30.2 Å². The number of aromatic nitrogens is 5. The summed E-state index contributed by atoms with van der Waals surface area (Å²) in [4.78, 5) is 29.7. The molecule has 3 aromatic heterocycles. The summed E-state index contributed by atoms with van der Waals surface area (Å²) in [7, 11) is 0. The maximum Gasteiger partial charge on any atom is 0.314 e. The summed E-state index contributed by atoms with van der Waals surface area (Å²) in [5, 5.41) is 24.3. The predicted molar refractivity (Wildman–Crippen MR) is 122 cm³/mol. The average molecular weight is 539 g/mol. The van der Waals surface area contributed by atoms with Crippen molar-refractivity contribution in [3.8, 4) is 0 Å². The number of carboxylic acid groups (broad SMARTS) is 1. The third-order valence-corrected chi connectivity index (χ3v) is 7.84. The molecule has 5 rings (SSSR count). The van der Waals surface area contributed by atoms with Crippen molar-refractivity contribution in [2.75, 3.05) is 0 Å². The van der Waals surface area contributed by atoms with Crippen LogP contribution in [0.3, 0.4) is 0 Å². The van der Waals surface area contributed by atoms with Crippen LogP contribution < -0.4 is 5.32 Å². The van der Waals surface area contributed by atoms with Crippen LogP contribution in [-0.4, -0.2) is 53.7 Å². The van der Waals surface area contributed by atoms with E-state index < -0.39 is 48.0 Å². The van der Waals surface area contributed by atoms with Gasteiger partial charge in [-0.05, 0) is 55.3 Å². The SMILES string of the molecule is Cc1nonc1C(=O)N[C@H](c1cn2ncc(C3(C(=O)O)CCC(F)(F)CC3)cc2n1)C1CCC(F)(F)CC1. The van der Waals surface area contributed by atoms with Gasteiger partial charge in [0, 0.05) is 25.7 Å². The first-order valence-corrected chi connectivity index (χ1v) is 12.3. The number of aryl methyl sites for hydroxylation is 1. The molecule has 10 nitrogen and oxygen atoms in total. The van der Waals surface area contributed by atoms with Gasteiger partial charge in [-0.3, -0.25) is 9.59 Å². The van der Waals surface area contributed by atoms with E-state index in [9.17, 15) is 32.3 Å². The number of carbonyl (C=O) groups excluding carboxylic acids is 1. The third-order valence-electron chi connectivity index (χ3n) is 7.84. The average Bonchev–Trinajstić information content (AvgIpc) is 3.48. The molecular formula is C24H26F4N6O4. The molecule has 204 valence electrons. The maximum atomic E-state index is 13.9. The molecule has 38 heavy (non-hydrogen) atoms. The molecule has 2 aliphatic carbocycles. The number of imidazole rings is 1. The van der Waals surface area contributed by atoms with Crippen molar-refractivity contribution in [3.63, 3.8) is 0 Å². The molecule has 3 heterocycles. The third kappa shape index (κ3) is 4.83. The van der Waals surface area contributed by atoms with E-state index in [1.165, 1.54) is 29.9 Å². The summed E-state index contributed by atoms with van der Waals surface area (Å²) < 4.78 is 61.4. The first-order chi connectivity index (χ1) is 17.9. The van der Waals surface area contributed by atoms with Crippen LogP contribution >= 0.6 is 0 Å². The molecule has 0 unspecified atom stereocenters. The lowest BCUT2D eigenvalue weighted by Gasteiger charge is -2.36. The number of hydrogen-bond acceptors (Lipinski definition) is 7. The van der Waals surface area contributed by atoms with Gasteiger partial charge in [0.2, 0.25) is 11.8 Å². The highest BCUT2D eigenvalue weighted by atomic mass is 19.3. The fourth-order valence-electron chi connectivity index (χ4n) is 5.45. The molecule has 2 fully saturated rings. The second-order valence-electron chi connectivity index (χ2n) is 10.3. The molecule has 0 bridgehead atoms. The molecule has 3 aromatic rings. The minimum atomic E-state index is -2.92. The van der Waals surface area contributed by atoms with Crippen molar-refractivity contribution < 1.29 is 36.9 Å². The zero-order valence-corrected chi connectivity index (χ0v) is 20.5. The number of hydrogen-bond donors (Lipinski definition) is 2. The second kappa shape index (κ2) is 9.31. The molecule has 0 saturated heterocycles. The van der Waals surface area contributed by atoms with Gasteiger partial charge < -0.3 is 10.4 Å². The van der Waals surface area contributed by atoms with Crippen molar-refractivity contribution >= 4 is 17.5 Å². The minimum Gasteiger partial charge on any atom is -0.481 e. The van der Waals surface area contributed by atoms with E-state index in [1.807, 2.05) is 0 Å². The van der Waals surface area contributed by atoms with Crippen LogP contribution in [0.25, 0.3) is 5.65 Å². The van der Waals surface area contributed by atoms with Gasteiger partial charge in [-0.15, -0.1) is 0 Å². The summed E-state index contributed by atoms with van der Waals surface area (Å²) in [6, 6.07) is 0.717. The number of carboxylic acids is 1. The van der Waals surface area contributed by atoms with Crippen LogP contribution in [0.1, 0.15) is 84.8 Å². The molecule has 0 spiro atoms. The molecule has 0 aromatic carbocycles. The van der Waals surface area contributed by atoms with Gasteiger partial charge in [0.15, 0.2) is 11.3 Å². The summed E-state index contributed by atoms with van der Waals surface area (Å²) in [6.45, 7) is 1.54. The highest BCUT2D eigenvalue weighted by molar-refractivity contribution is 5.93. The van der Waals surface area contributed by atoms with Crippen LogP contribution in [0.5, 0.6) is 0 Å². The largest absolute Gasteiger partial charge is 0.481 e. The summed E-state index contributed by atoms with van der Waals surface area (Å²) in [5.41, 5.74) is -0.468. The molecule has 2 saturated carbocycles. The monoisotopic (exact) mass is 538 g/mol. The van der Waals surface area contributed by atoms with Gasteiger partial charge >= 0.3 is 5.97 Å². The number of alkyl halides is 4. The van der Waals surface area contributed by atoms with Crippen LogP contribution in [0.4, 0.5) is 17.6 Å². The highest BCUT2D eigenvalue weighted by Crippen LogP contribution is 2.46. The Hall–Kier alpha value is -3.58. The Morgan fingerprint density at radius 2 is 1.74 bits per heavy atom. The minimum absolute atomic E-state index is 0.0437. The van der Waals surface area contributed by atoms with Crippen molar-refractivity contribution in [3.05, 3.63) is 41.1 Å². The number of nitrogens with one attached hydrogen (secondary N) is 1. The Balaban J connectivity index is 1.48. The fourth-order valence-corrected chi connectivity index (χ4v) is 5.45. The first kappa shape index (κ1) is 26.0. The number of rotatable bonds is 6. The Morgan fingerprint density at radius 3 is 2.34 bits per heavy atom. The number of aliphatic carboxylic acids is 1. The summed E-state index contributed by atoms with van der Waals surface area (Å²) >= 11 is 0. The number of amides is 1. The molecule has 1 atom stereocenters. The van der Waals surface area contributed by atoms with Gasteiger partial charge in [-0.2, -0.15) is 5.10 Å². The standard InChI is InChI=1S/C24H26F4N6O4/c1-13-18(33-38-32-13)20(35)31-19(14-2-4-23(25,26)5-3-14)16-12-34-17(30-16)10-15(11-29-34)22(21(36)37)6-8-24(27,28)9-7-22/h10-12,14,19H,2-9H2,1H3,(H,31,35)(H,36,37)/t19-/m0/s1. The maximum absolute atomic E-state index is 13.9. The predicted octanol–water partition coefficient (Wildman–Crippen LogP) is 4.25. The molecule has 1 amide bonds. The van der Waals surface area contributed by atoms with Gasteiger partial charge in [0.25, 0.3) is 5.91 Å². The number of carbonyl (C=O) groups is 2. The lowest BCUT2D eigenvalue weighted by molar-refractivity contribution is -0.149. The van der Waals surface area contributed by atoms with Gasteiger partial charge in [-0.25, -0.2) is 31.7 Å². The van der Waals surface area contributed by atoms with E-state index >= 15 is 0 Å². The Kier molecular flexibility index (Phi) is 6.38. The smallest absolute Gasteiger partial charge is 0.314 e. The summed E-state index contributed by atoms with van der Waals surface area (Å²) in [6.07, 6.45) is 0.853. The molecule has 0 radical (unpaired) electrons. The molecule has 0 aliphatic heterocycles. The van der Waals surface area contributed by atoms with Crippen molar-refractivity contribution in [2.24, 2.45) is 5.92 Å². The zero-order chi connectivity index (χ0) is 27.3. The molecular weight excluding hydrogens is 512 g/mol. The Labute approximate surface area is 213 Å². The van der Waals surface area contributed by atoms with E-state index in [0.29, 0.717) is 5.69 Å². The normalized spacial score (nSPS) is 21.7. The number of fused-ring (bicyclic) bond motifs is 1. The topological polar surface area (TPSA) is 136 Å². The Bertz CT molecular complexity index is 1350. The van der Waals surface area contributed by atoms with Crippen LogP contribution in [0.2, 0.25) is 0 Å². The summed E-state index contributed by atoms with van der Waals surface area (Å²) in [5.74, 6) is -7.89. The zero-order valence-electron chi connectivity index (χ0n) is 20.5. The quantitative estimate of drug-likeness (QED) is 0.445. The number of nitrogens with zero attached hydrogens (tertiary/aromatic N) is 5. The van der Waals surface area contributed by atoms with Crippen LogP contribution in [0, 0.1) is 12.8 Å². The molecule has 2 N–H and O–H groups in total. The van der Waals surface area contributed by atoms with Crippen LogP contribution in [0.15, 0.2) is 23.1 Å². The van der Waals surface area contributed by atoms with Crippen molar-refractivity contribution in [1.29, 1.82) is 0 Å². The second-order valence-corrected chi connectivity index (χ2v) is 10.3. The number of halogens is 4. The lowest BCUT2D eigenvalue weighted by Crippen LogP contribution is -2.42. The van der Waals surface area contributed by atoms with Crippen molar-refractivity contribution in [2.45, 2.75) is 81.6 Å².